The Bertz CT molecular complexity index is 737. The molecule has 1 unspecified atom stereocenters. The van der Waals surface area contributed by atoms with Crippen molar-refractivity contribution in [2.24, 2.45) is 0 Å². The number of aromatic nitrogens is 2. The van der Waals surface area contributed by atoms with Crippen LogP contribution in [0, 0.1) is 0 Å². The predicted molar refractivity (Wildman–Crippen MR) is 81.1 cm³/mol. The maximum atomic E-state index is 12.6. The maximum absolute atomic E-state index is 12.6. The van der Waals surface area contributed by atoms with Gasteiger partial charge in [-0.05, 0) is 30.9 Å². The summed E-state index contributed by atoms with van der Waals surface area (Å²) in [4.78, 5) is 7.81. The smallest absolute Gasteiger partial charge is 0.389 e. The fourth-order valence-electron chi connectivity index (χ4n) is 2.91. The van der Waals surface area contributed by atoms with E-state index in [-0.39, 0.29) is 18.2 Å². The van der Waals surface area contributed by atoms with Crippen LogP contribution in [-0.4, -0.2) is 21.3 Å². The maximum Gasteiger partial charge on any atom is 0.389 e. The molecular formula is C16H14ClF3N2O2. The van der Waals surface area contributed by atoms with Crippen LogP contribution in [0.25, 0.3) is 0 Å². The Kier molecular flexibility index (Phi) is 4.40. The molecule has 0 bridgehead atoms. The van der Waals surface area contributed by atoms with Crippen molar-refractivity contribution < 1.29 is 23.0 Å². The number of hydrogen-bond donors (Lipinski definition) is 1. The Labute approximate surface area is 141 Å². The van der Waals surface area contributed by atoms with Crippen LogP contribution in [0.5, 0.6) is 11.8 Å². The third-order valence-electron chi connectivity index (χ3n) is 4.01. The molecule has 4 nitrogen and oxygen atoms in total. The highest BCUT2D eigenvalue weighted by atomic mass is 35.5. The fourth-order valence-corrected chi connectivity index (χ4v) is 3.01. The second kappa shape index (κ2) is 6.22. The van der Waals surface area contributed by atoms with Crippen LogP contribution in [0.3, 0.4) is 0 Å². The molecule has 8 heteroatoms. The first kappa shape index (κ1) is 17.0. The van der Waals surface area contributed by atoms with Crippen molar-refractivity contribution in [3.05, 3.63) is 46.7 Å². The van der Waals surface area contributed by atoms with Crippen molar-refractivity contribution in [3.8, 4) is 11.8 Å². The van der Waals surface area contributed by atoms with E-state index in [9.17, 15) is 18.3 Å². The summed E-state index contributed by atoms with van der Waals surface area (Å²) in [5, 5.41) is 11.1. The molecule has 1 aliphatic carbocycles. The number of halogens is 4. The zero-order valence-electron chi connectivity index (χ0n) is 12.5. The van der Waals surface area contributed by atoms with Crippen molar-refractivity contribution >= 4 is 11.6 Å². The van der Waals surface area contributed by atoms with Gasteiger partial charge in [0.05, 0.1) is 23.0 Å². The van der Waals surface area contributed by atoms with E-state index in [1.54, 1.807) is 18.2 Å². The zero-order valence-corrected chi connectivity index (χ0v) is 13.2. The molecule has 1 aromatic carbocycles. The first-order valence-corrected chi connectivity index (χ1v) is 7.71. The summed E-state index contributed by atoms with van der Waals surface area (Å²) in [6, 6.07) is 5.09. The highest BCUT2D eigenvalue weighted by molar-refractivity contribution is 6.30. The molecular weight excluding hydrogens is 345 g/mol. The van der Waals surface area contributed by atoms with Gasteiger partial charge in [-0.2, -0.15) is 13.2 Å². The van der Waals surface area contributed by atoms with E-state index >= 15 is 0 Å². The van der Waals surface area contributed by atoms with E-state index < -0.39 is 24.6 Å². The quantitative estimate of drug-likeness (QED) is 0.880. The third kappa shape index (κ3) is 3.62. The summed E-state index contributed by atoms with van der Waals surface area (Å²) in [6.07, 6.45) is -2.39. The SMILES string of the molecule is OC1(CCC(F)(F)F)CCc2cccc(Oc3ncc(Cl)cn3)c21. The number of nitrogens with zero attached hydrogens (tertiary/aromatic N) is 2. The van der Waals surface area contributed by atoms with E-state index in [0.29, 0.717) is 17.0 Å². The summed E-state index contributed by atoms with van der Waals surface area (Å²) in [7, 11) is 0. The van der Waals surface area contributed by atoms with Gasteiger partial charge in [0.2, 0.25) is 0 Å². The molecule has 0 spiro atoms. The summed E-state index contributed by atoms with van der Waals surface area (Å²) in [6.45, 7) is 0. The first-order chi connectivity index (χ1) is 11.3. The van der Waals surface area contributed by atoms with Crippen molar-refractivity contribution in [2.75, 3.05) is 0 Å². The van der Waals surface area contributed by atoms with E-state index in [1.807, 2.05) is 0 Å². The summed E-state index contributed by atoms with van der Waals surface area (Å²) < 4.78 is 43.3. The molecule has 2 aromatic rings. The van der Waals surface area contributed by atoms with E-state index in [1.165, 1.54) is 12.4 Å². The summed E-state index contributed by atoms with van der Waals surface area (Å²) in [5.41, 5.74) is -0.424. The van der Waals surface area contributed by atoms with Crippen LogP contribution in [0.15, 0.2) is 30.6 Å². The molecule has 128 valence electrons. The van der Waals surface area contributed by atoms with Gasteiger partial charge in [0.1, 0.15) is 5.75 Å². The lowest BCUT2D eigenvalue weighted by Crippen LogP contribution is -2.25. The number of hydrogen-bond acceptors (Lipinski definition) is 4. The molecule has 24 heavy (non-hydrogen) atoms. The normalized spacial score (nSPS) is 20.0. The molecule has 1 aromatic heterocycles. The lowest BCUT2D eigenvalue weighted by atomic mass is 9.90. The van der Waals surface area contributed by atoms with Gasteiger partial charge in [-0.25, -0.2) is 9.97 Å². The zero-order chi connectivity index (χ0) is 17.4. The van der Waals surface area contributed by atoms with Crippen LogP contribution in [0.2, 0.25) is 5.02 Å². The van der Waals surface area contributed by atoms with Crippen molar-refractivity contribution in [1.29, 1.82) is 0 Å². The molecule has 0 fully saturated rings. The second-order valence-corrected chi connectivity index (χ2v) is 6.16. The highest BCUT2D eigenvalue weighted by Gasteiger charge is 2.42. The number of ether oxygens (including phenoxy) is 1. The third-order valence-corrected chi connectivity index (χ3v) is 4.20. The lowest BCUT2D eigenvalue weighted by molar-refractivity contribution is -0.147. The molecule has 0 radical (unpaired) electrons. The van der Waals surface area contributed by atoms with Gasteiger partial charge in [0.15, 0.2) is 0 Å². The Morgan fingerprint density at radius 1 is 1.25 bits per heavy atom. The van der Waals surface area contributed by atoms with Gasteiger partial charge in [-0.15, -0.1) is 0 Å². The van der Waals surface area contributed by atoms with Gasteiger partial charge >= 0.3 is 12.2 Å². The Balaban J connectivity index is 1.90. The molecule has 1 aliphatic rings. The fraction of sp³-hybridized carbons (Fsp3) is 0.375. The molecule has 1 N–H and O–H groups in total. The van der Waals surface area contributed by atoms with Gasteiger partial charge < -0.3 is 9.84 Å². The minimum absolute atomic E-state index is 0.0119. The molecule has 0 aliphatic heterocycles. The van der Waals surface area contributed by atoms with Gasteiger partial charge in [-0.1, -0.05) is 23.7 Å². The minimum Gasteiger partial charge on any atom is -0.424 e. The minimum atomic E-state index is -4.33. The number of aryl methyl sites for hydroxylation is 1. The van der Waals surface area contributed by atoms with Crippen LogP contribution in [0.1, 0.15) is 30.4 Å². The Morgan fingerprint density at radius 2 is 1.96 bits per heavy atom. The molecule has 0 amide bonds. The first-order valence-electron chi connectivity index (χ1n) is 7.34. The van der Waals surface area contributed by atoms with Crippen LogP contribution < -0.4 is 4.74 Å². The molecule has 1 atom stereocenters. The largest absolute Gasteiger partial charge is 0.424 e. The van der Waals surface area contributed by atoms with Gasteiger partial charge in [0, 0.05) is 12.0 Å². The number of benzene rings is 1. The number of alkyl halides is 3. The number of aliphatic hydroxyl groups is 1. The van der Waals surface area contributed by atoms with Gasteiger partial charge in [0.25, 0.3) is 0 Å². The average Bonchev–Trinajstić information content (AvgIpc) is 2.86. The van der Waals surface area contributed by atoms with Crippen LogP contribution in [0.4, 0.5) is 13.2 Å². The van der Waals surface area contributed by atoms with E-state index in [2.05, 4.69) is 9.97 Å². The predicted octanol–water partition coefficient (Wildman–Crippen LogP) is 4.40. The monoisotopic (exact) mass is 358 g/mol. The van der Waals surface area contributed by atoms with Gasteiger partial charge in [-0.3, -0.25) is 0 Å². The highest BCUT2D eigenvalue weighted by Crippen LogP contribution is 2.47. The average molecular weight is 359 g/mol. The Morgan fingerprint density at radius 3 is 2.62 bits per heavy atom. The standard InChI is InChI=1S/C16H14ClF3N2O2/c17-11-8-21-14(22-9-11)24-12-3-1-2-10-4-5-15(23,13(10)12)6-7-16(18,19)20/h1-3,8-9,23H,4-7H2. The number of rotatable bonds is 4. The second-order valence-electron chi connectivity index (χ2n) is 5.72. The number of fused-ring (bicyclic) bond motifs is 1. The van der Waals surface area contributed by atoms with Crippen molar-refractivity contribution in [2.45, 2.75) is 37.5 Å². The van der Waals surface area contributed by atoms with Crippen LogP contribution in [-0.2, 0) is 12.0 Å². The topological polar surface area (TPSA) is 55.2 Å². The van der Waals surface area contributed by atoms with Crippen molar-refractivity contribution in [3.63, 3.8) is 0 Å². The van der Waals surface area contributed by atoms with Crippen molar-refractivity contribution in [1.82, 2.24) is 9.97 Å². The van der Waals surface area contributed by atoms with Crippen LogP contribution >= 0.6 is 11.6 Å². The van der Waals surface area contributed by atoms with E-state index in [0.717, 1.165) is 5.56 Å². The molecule has 3 rings (SSSR count). The summed E-state index contributed by atoms with van der Waals surface area (Å²) >= 11 is 5.71. The molecule has 0 saturated heterocycles. The Hall–Kier alpha value is -1.86. The van der Waals surface area contributed by atoms with E-state index in [4.69, 9.17) is 16.3 Å². The molecule has 1 heterocycles. The molecule has 0 saturated carbocycles. The summed E-state index contributed by atoms with van der Waals surface area (Å²) in [5.74, 6) is 0.261. The lowest BCUT2D eigenvalue weighted by Gasteiger charge is -2.26.